The SMILES string of the molecule is CC(NC1CCC(=O)N(C)C1)c1cccnc1. The number of nitrogens with one attached hydrogen (secondary N) is 1. The highest BCUT2D eigenvalue weighted by atomic mass is 16.2. The standard InChI is InChI=1S/C13H19N3O/c1-10(11-4-3-7-14-8-11)15-12-5-6-13(17)16(2)9-12/h3-4,7-8,10,12,15H,5-6,9H2,1-2H3. The van der Waals surface area contributed by atoms with Crippen LogP contribution in [0, 0.1) is 0 Å². The number of hydrogen-bond acceptors (Lipinski definition) is 3. The highest BCUT2D eigenvalue weighted by molar-refractivity contribution is 5.76. The first-order chi connectivity index (χ1) is 8.16. The van der Waals surface area contributed by atoms with Crippen LogP contribution in [-0.4, -0.2) is 35.4 Å². The number of likely N-dealkylation sites (N-methyl/N-ethyl adjacent to an activating group) is 1. The van der Waals surface area contributed by atoms with Gasteiger partial charge in [0.05, 0.1) is 0 Å². The number of amides is 1. The Morgan fingerprint density at radius 3 is 3.06 bits per heavy atom. The first-order valence-corrected chi connectivity index (χ1v) is 6.07. The Bertz CT molecular complexity index is 380. The van der Waals surface area contributed by atoms with Gasteiger partial charge in [-0.1, -0.05) is 6.07 Å². The molecule has 0 saturated carbocycles. The van der Waals surface area contributed by atoms with E-state index in [1.54, 1.807) is 11.1 Å². The summed E-state index contributed by atoms with van der Waals surface area (Å²) in [4.78, 5) is 17.3. The molecule has 1 aromatic rings. The maximum absolute atomic E-state index is 11.4. The lowest BCUT2D eigenvalue weighted by Gasteiger charge is -2.32. The van der Waals surface area contributed by atoms with E-state index in [0.29, 0.717) is 12.5 Å². The van der Waals surface area contributed by atoms with Gasteiger partial charge in [-0.2, -0.15) is 0 Å². The molecule has 0 aromatic carbocycles. The summed E-state index contributed by atoms with van der Waals surface area (Å²) in [6.07, 6.45) is 5.24. The Hall–Kier alpha value is -1.42. The van der Waals surface area contributed by atoms with Crippen molar-refractivity contribution < 1.29 is 4.79 Å². The fourth-order valence-electron chi connectivity index (χ4n) is 2.23. The summed E-state index contributed by atoms with van der Waals surface area (Å²) in [5.41, 5.74) is 1.19. The predicted octanol–water partition coefficient (Wildman–Crippen LogP) is 1.35. The molecule has 4 nitrogen and oxygen atoms in total. The van der Waals surface area contributed by atoms with Gasteiger partial charge in [-0.3, -0.25) is 9.78 Å². The molecule has 1 saturated heterocycles. The minimum Gasteiger partial charge on any atom is -0.344 e. The number of piperidine rings is 1. The normalized spacial score (nSPS) is 22.6. The Morgan fingerprint density at radius 2 is 2.41 bits per heavy atom. The quantitative estimate of drug-likeness (QED) is 0.857. The van der Waals surface area contributed by atoms with Gasteiger partial charge < -0.3 is 10.2 Å². The van der Waals surface area contributed by atoms with Crippen LogP contribution < -0.4 is 5.32 Å². The molecule has 0 spiro atoms. The van der Waals surface area contributed by atoms with Gasteiger partial charge in [0.1, 0.15) is 0 Å². The van der Waals surface area contributed by atoms with Crippen LogP contribution in [0.3, 0.4) is 0 Å². The summed E-state index contributed by atoms with van der Waals surface area (Å²) >= 11 is 0. The van der Waals surface area contributed by atoms with Crippen LogP contribution in [0.25, 0.3) is 0 Å². The largest absolute Gasteiger partial charge is 0.344 e. The monoisotopic (exact) mass is 233 g/mol. The Kier molecular flexibility index (Phi) is 3.74. The molecule has 1 aliphatic rings. The van der Waals surface area contributed by atoms with E-state index in [-0.39, 0.29) is 11.9 Å². The van der Waals surface area contributed by atoms with Gasteiger partial charge >= 0.3 is 0 Å². The fraction of sp³-hybridized carbons (Fsp3) is 0.538. The van der Waals surface area contributed by atoms with Crippen molar-refractivity contribution in [2.45, 2.75) is 31.8 Å². The van der Waals surface area contributed by atoms with Gasteiger partial charge in [-0.25, -0.2) is 0 Å². The second-order valence-corrected chi connectivity index (χ2v) is 4.68. The van der Waals surface area contributed by atoms with Crippen LogP contribution in [0.1, 0.15) is 31.4 Å². The van der Waals surface area contributed by atoms with Crippen molar-refractivity contribution in [2.75, 3.05) is 13.6 Å². The predicted molar refractivity (Wildman–Crippen MR) is 66.4 cm³/mol. The number of pyridine rings is 1. The highest BCUT2D eigenvalue weighted by Gasteiger charge is 2.23. The van der Waals surface area contributed by atoms with E-state index in [2.05, 4.69) is 23.3 Å². The van der Waals surface area contributed by atoms with Crippen LogP contribution in [-0.2, 0) is 4.79 Å². The molecule has 0 radical (unpaired) electrons. The Labute approximate surface area is 102 Å². The number of likely N-dealkylation sites (tertiary alicyclic amines) is 1. The van der Waals surface area contributed by atoms with E-state index in [4.69, 9.17) is 0 Å². The third-order valence-corrected chi connectivity index (χ3v) is 3.30. The first-order valence-electron chi connectivity index (χ1n) is 6.07. The van der Waals surface area contributed by atoms with Crippen LogP contribution in [0.2, 0.25) is 0 Å². The van der Waals surface area contributed by atoms with Crippen molar-refractivity contribution in [3.8, 4) is 0 Å². The Morgan fingerprint density at radius 1 is 1.59 bits per heavy atom. The second kappa shape index (κ2) is 5.27. The van der Waals surface area contributed by atoms with Crippen molar-refractivity contribution in [1.29, 1.82) is 0 Å². The van der Waals surface area contributed by atoms with Gasteiger partial charge in [0.2, 0.25) is 5.91 Å². The van der Waals surface area contributed by atoms with Crippen molar-refractivity contribution in [2.24, 2.45) is 0 Å². The van der Waals surface area contributed by atoms with Crippen LogP contribution >= 0.6 is 0 Å². The molecule has 92 valence electrons. The van der Waals surface area contributed by atoms with Gasteiger partial charge in [-0.05, 0) is 25.0 Å². The van der Waals surface area contributed by atoms with E-state index in [1.165, 1.54) is 5.56 Å². The molecule has 2 heterocycles. The molecule has 4 heteroatoms. The Balaban J connectivity index is 1.91. The lowest BCUT2D eigenvalue weighted by Crippen LogP contribution is -2.47. The van der Waals surface area contributed by atoms with E-state index in [0.717, 1.165) is 13.0 Å². The average Bonchev–Trinajstić information content (AvgIpc) is 2.35. The molecule has 17 heavy (non-hydrogen) atoms. The topological polar surface area (TPSA) is 45.2 Å². The lowest BCUT2D eigenvalue weighted by atomic mass is 10.0. The number of hydrogen-bond donors (Lipinski definition) is 1. The van der Waals surface area contributed by atoms with Gasteiger partial charge in [0.25, 0.3) is 0 Å². The molecule has 2 atom stereocenters. The third kappa shape index (κ3) is 3.03. The molecule has 0 bridgehead atoms. The molecular formula is C13H19N3O. The summed E-state index contributed by atoms with van der Waals surface area (Å²) in [6.45, 7) is 2.93. The zero-order valence-electron chi connectivity index (χ0n) is 10.4. The van der Waals surface area contributed by atoms with Gasteiger partial charge in [0.15, 0.2) is 0 Å². The van der Waals surface area contributed by atoms with Crippen molar-refractivity contribution in [3.63, 3.8) is 0 Å². The summed E-state index contributed by atoms with van der Waals surface area (Å²) in [6, 6.07) is 4.68. The molecule has 1 N–H and O–H groups in total. The minimum absolute atomic E-state index is 0.247. The molecular weight excluding hydrogens is 214 g/mol. The minimum atomic E-state index is 0.247. The molecule has 0 aliphatic carbocycles. The molecule has 1 fully saturated rings. The number of carbonyl (C=O) groups excluding carboxylic acids is 1. The molecule has 2 rings (SSSR count). The van der Waals surface area contributed by atoms with Gasteiger partial charge in [0, 0.05) is 44.5 Å². The highest BCUT2D eigenvalue weighted by Crippen LogP contribution is 2.16. The van der Waals surface area contributed by atoms with E-state index in [9.17, 15) is 4.79 Å². The molecule has 1 aliphatic heterocycles. The van der Waals surface area contributed by atoms with Crippen molar-refractivity contribution in [1.82, 2.24) is 15.2 Å². The fourth-order valence-corrected chi connectivity index (χ4v) is 2.23. The summed E-state index contributed by atoms with van der Waals surface area (Å²) in [5, 5.41) is 3.55. The maximum atomic E-state index is 11.4. The zero-order valence-corrected chi connectivity index (χ0v) is 10.4. The smallest absolute Gasteiger partial charge is 0.222 e. The number of rotatable bonds is 3. The maximum Gasteiger partial charge on any atom is 0.222 e. The van der Waals surface area contributed by atoms with E-state index in [1.807, 2.05) is 19.3 Å². The molecule has 1 aromatic heterocycles. The van der Waals surface area contributed by atoms with Crippen molar-refractivity contribution in [3.05, 3.63) is 30.1 Å². The number of nitrogens with zero attached hydrogens (tertiary/aromatic N) is 2. The lowest BCUT2D eigenvalue weighted by molar-refractivity contribution is -0.132. The summed E-state index contributed by atoms with van der Waals surface area (Å²) in [5.74, 6) is 0.247. The first kappa shape index (κ1) is 12.0. The summed E-state index contributed by atoms with van der Waals surface area (Å²) in [7, 11) is 1.87. The second-order valence-electron chi connectivity index (χ2n) is 4.68. The molecule has 1 amide bonds. The van der Waals surface area contributed by atoms with Gasteiger partial charge in [-0.15, -0.1) is 0 Å². The summed E-state index contributed by atoms with van der Waals surface area (Å²) < 4.78 is 0. The van der Waals surface area contributed by atoms with Crippen LogP contribution in [0.4, 0.5) is 0 Å². The number of carbonyl (C=O) groups is 1. The van der Waals surface area contributed by atoms with Crippen LogP contribution in [0.5, 0.6) is 0 Å². The molecule has 2 unspecified atom stereocenters. The zero-order chi connectivity index (χ0) is 12.3. The third-order valence-electron chi connectivity index (χ3n) is 3.30. The van der Waals surface area contributed by atoms with E-state index >= 15 is 0 Å². The van der Waals surface area contributed by atoms with E-state index < -0.39 is 0 Å². The number of aromatic nitrogens is 1. The average molecular weight is 233 g/mol. The van der Waals surface area contributed by atoms with Crippen molar-refractivity contribution >= 4 is 5.91 Å². The van der Waals surface area contributed by atoms with Crippen LogP contribution in [0.15, 0.2) is 24.5 Å².